The standard InChI is InChI=1S/C19H20N4O3/c1-2-12-3-5-13(6-4-12)9-17-19(25)23(11-18(24)22-21)15-8-7-14(20)10-16(15)26-17/h3-10H,2,11,20-21H2,1H3,(H,22,24)/b17-9+. The lowest BCUT2D eigenvalue weighted by atomic mass is 10.1. The average molecular weight is 352 g/mol. The predicted molar refractivity (Wildman–Crippen MR) is 100.0 cm³/mol. The molecule has 0 aromatic heterocycles. The molecular weight excluding hydrogens is 332 g/mol. The Labute approximate surface area is 151 Å². The Morgan fingerprint density at radius 1 is 1.23 bits per heavy atom. The van der Waals surface area contributed by atoms with E-state index in [0.717, 1.165) is 12.0 Å². The SMILES string of the molecule is CCc1ccc(/C=C2/Oc3cc(N)ccc3N(CC(=O)NN)C2=O)cc1. The van der Waals surface area contributed by atoms with Crippen molar-refractivity contribution in [2.75, 3.05) is 17.2 Å². The first-order chi connectivity index (χ1) is 12.5. The Kier molecular flexibility index (Phi) is 4.90. The van der Waals surface area contributed by atoms with E-state index in [0.29, 0.717) is 17.1 Å². The number of hydrogen-bond donors (Lipinski definition) is 3. The summed E-state index contributed by atoms with van der Waals surface area (Å²) in [5, 5.41) is 0. The number of nitrogens with two attached hydrogens (primary N) is 2. The van der Waals surface area contributed by atoms with Gasteiger partial charge < -0.3 is 10.5 Å². The van der Waals surface area contributed by atoms with Gasteiger partial charge in [0.15, 0.2) is 11.5 Å². The Morgan fingerprint density at radius 2 is 1.96 bits per heavy atom. The van der Waals surface area contributed by atoms with Crippen LogP contribution in [0.1, 0.15) is 18.1 Å². The van der Waals surface area contributed by atoms with Gasteiger partial charge in [0.05, 0.1) is 5.69 Å². The van der Waals surface area contributed by atoms with Crippen molar-refractivity contribution in [2.45, 2.75) is 13.3 Å². The quantitative estimate of drug-likeness (QED) is 0.254. The average Bonchev–Trinajstić information content (AvgIpc) is 2.65. The number of amides is 2. The number of anilines is 2. The van der Waals surface area contributed by atoms with E-state index in [1.54, 1.807) is 24.3 Å². The number of carbonyl (C=O) groups is 2. The van der Waals surface area contributed by atoms with Gasteiger partial charge in [-0.3, -0.25) is 19.9 Å². The monoisotopic (exact) mass is 352 g/mol. The second kappa shape index (κ2) is 7.28. The number of benzene rings is 2. The van der Waals surface area contributed by atoms with Gasteiger partial charge in [-0.2, -0.15) is 0 Å². The molecule has 0 radical (unpaired) electrons. The second-order valence-corrected chi connectivity index (χ2v) is 5.89. The number of ether oxygens (including phenoxy) is 1. The van der Waals surface area contributed by atoms with E-state index >= 15 is 0 Å². The van der Waals surface area contributed by atoms with Gasteiger partial charge >= 0.3 is 0 Å². The van der Waals surface area contributed by atoms with Gasteiger partial charge in [0, 0.05) is 11.8 Å². The third-order valence-electron chi connectivity index (χ3n) is 4.10. The normalized spacial score (nSPS) is 14.8. The molecule has 2 amide bonds. The molecule has 0 saturated heterocycles. The summed E-state index contributed by atoms with van der Waals surface area (Å²) in [5.41, 5.74) is 10.8. The minimum absolute atomic E-state index is 0.108. The van der Waals surface area contributed by atoms with Crippen molar-refractivity contribution in [1.29, 1.82) is 0 Å². The van der Waals surface area contributed by atoms with Gasteiger partial charge in [-0.05, 0) is 35.8 Å². The molecule has 1 heterocycles. The van der Waals surface area contributed by atoms with Crippen molar-refractivity contribution in [3.05, 3.63) is 59.4 Å². The molecule has 0 spiro atoms. The Balaban J connectivity index is 2.00. The minimum Gasteiger partial charge on any atom is -0.449 e. The zero-order valence-electron chi connectivity index (χ0n) is 14.4. The van der Waals surface area contributed by atoms with Gasteiger partial charge in [-0.1, -0.05) is 31.2 Å². The number of nitrogen functional groups attached to an aromatic ring is 1. The predicted octanol–water partition coefficient (Wildman–Crippen LogP) is 1.59. The van der Waals surface area contributed by atoms with Crippen LogP contribution in [0.4, 0.5) is 11.4 Å². The lowest BCUT2D eigenvalue weighted by molar-refractivity contribution is -0.123. The molecule has 0 unspecified atom stereocenters. The summed E-state index contributed by atoms with van der Waals surface area (Å²) in [4.78, 5) is 25.9. The molecule has 0 atom stereocenters. The summed E-state index contributed by atoms with van der Waals surface area (Å²) in [7, 11) is 0. The first-order valence-electron chi connectivity index (χ1n) is 8.21. The third-order valence-corrected chi connectivity index (χ3v) is 4.10. The molecule has 1 aliphatic heterocycles. The van der Waals surface area contributed by atoms with E-state index in [-0.39, 0.29) is 12.3 Å². The molecule has 0 aliphatic carbocycles. The fourth-order valence-electron chi connectivity index (χ4n) is 2.68. The minimum atomic E-state index is -0.491. The fourth-order valence-corrected chi connectivity index (χ4v) is 2.68. The van der Waals surface area contributed by atoms with Crippen molar-refractivity contribution >= 4 is 29.3 Å². The first kappa shape index (κ1) is 17.5. The van der Waals surface area contributed by atoms with Crippen LogP contribution in [0.25, 0.3) is 6.08 Å². The molecule has 7 heteroatoms. The topological polar surface area (TPSA) is 111 Å². The smallest absolute Gasteiger partial charge is 0.294 e. The van der Waals surface area contributed by atoms with Crippen LogP contribution in [-0.4, -0.2) is 18.4 Å². The number of fused-ring (bicyclic) bond motifs is 1. The number of hydrazine groups is 1. The van der Waals surface area contributed by atoms with E-state index in [9.17, 15) is 9.59 Å². The van der Waals surface area contributed by atoms with Crippen LogP contribution in [0.2, 0.25) is 0 Å². The highest BCUT2D eigenvalue weighted by Gasteiger charge is 2.31. The molecule has 0 bridgehead atoms. The summed E-state index contributed by atoms with van der Waals surface area (Å²) >= 11 is 0. The van der Waals surface area contributed by atoms with Gasteiger partial charge in [-0.15, -0.1) is 0 Å². The van der Waals surface area contributed by atoms with Crippen molar-refractivity contribution in [3.63, 3.8) is 0 Å². The summed E-state index contributed by atoms with van der Waals surface area (Å²) < 4.78 is 5.76. The maximum atomic E-state index is 12.8. The number of carbonyl (C=O) groups excluding carboxylic acids is 2. The van der Waals surface area contributed by atoms with Crippen LogP contribution in [0.15, 0.2) is 48.2 Å². The lowest BCUT2D eigenvalue weighted by Crippen LogP contribution is -2.45. The van der Waals surface area contributed by atoms with Gasteiger partial charge in [-0.25, -0.2) is 5.84 Å². The summed E-state index contributed by atoms with van der Waals surface area (Å²) in [6.45, 7) is 1.85. The molecular formula is C19H20N4O3. The summed E-state index contributed by atoms with van der Waals surface area (Å²) in [5.74, 6) is 4.76. The molecule has 1 aliphatic rings. The van der Waals surface area contributed by atoms with Crippen molar-refractivity contribution < 1.29 is 14.3 Å². The highest BCUT2D eigenvalue weighted by molar-refractivity contribution is 6.12. The summed E-state index contributed by atoms with van der Waals surface area (Å²) in [6.07, 6.45) is 2.57. The molecule has 7 nitrogen and oxygen atoms in total. The second-order valence-electron chi connectivity index (χ2n) is 5.89. The zero-order valence-corrected chi connectivity index (χ0v) is 14.4. The first-order valence-corrected chi connectivity index (χ1v) is 8.21. The number of aryl methyl sites for hydroxylation is 1. The van der Waals surface area contributed by atoms with Crippen LogP contribution in [0.3, 0.4) is 0 Å². The van der Waals surface area contributed by atoms with E-state index in [1.165, 1.54) is 10.5 Å². The molecule has 5 N–H and O–H groups in total. The van der Waals surface area contributed by atoms with Crippen LogP contribution < -0.4 is 26.6 Å². The largest absolute Gasteiger partial charge is 0.449 e. The molecule has 0 saturated carbocycles. The number of hydrogen-bond acceptors (Lipinski definition) is 5. The Morgan fingerprint density at radius 3 is 2.62 bits per heavy atom. The van der Waals surface area contributed by atoms with E-state index in [4.69, 9.17) is 16.3 Å². The Hall–Kier alpha value is -3.32. The number of nitrogens with one attached hydrogen (secondary N) is 1. The fraction of sp³-hybridized carbons (Fsp3) is 0.158. The maximum Gasteiger partial charge on any atom is 0.294 e. The van der Waals surface area contributed by atoms with Gasteiger partial charge in [0.1, 0.15) is 6.54 Å². The molecule has 134 valence electrons. The maximum absolute atomic E-state index is 12.8. The molecule has 2 aromatic rings. The molecule has 26 heavy (non-hydrogen) atoms. The molecule has 3 rings (SSSR count). The molecule has 2 aromatic carbocycles. The van der Waals surface area contributed by atoms with Gasteiger partial charge in [0.2, 0.25) is 0 Å². The van der Waals surface area contributed by atoms with Crippen molar-refractivity contribution in [3.8, 4) is 5.75 Å². The molecule has 0 fully saturated rings. The van der Waals surface area contributed by atoms with Crippen LogP contribution >= 0.6 is 0 Å². The van der Waals surface area contributed by atoms with Crippen LogP contribution in [0, 0.1) is 0 Å². The van der Waals surface area contributed by atoms with E-state index in [1.807, 2.05) is 29.7 Å². The summed E-state index contributed by atoms with van der Waals surface area (Å²) in [6, 6.07) is 12.7. The number of rotatable bonds is 4. The van der Waals surface area contributed by atoms with Crippen LogP contribution in [0.5, 0.6) is 5.75 Å². The van der Waals surface area contributed by atoms with E-state index in [2.05, 4.69) is 6.92 Å². The van der Waals surface area contributed by atoms with Crippen molar-refractivity contribution in [2.24, 2.45) is 5.84 Å². The lowest BCUT2D eigenvalue weighted by Gasteiger charge is -2.30. The van der Waals surface area contributed by atoms with E-state index < -0.39 is 11.8 Å². The highest BCUT2D eigenvalue weighted by atomic mass is 16.5. The van der Waals surface area contributed by atoms with Crippen LogP contribution in [-0.2, 0) is 16.0 Å². The Bertz CT molecular complexity index is 875. The third kappa shape index (κ3) is 3.52. The zero-order chi connectivity index (χ0) is 18.7. The van der Waals surface area contributed by atoms with Crippen molar-refractivity contribution in [1.82, 2.24) is 5.43 Å². The van der Waals surface area contributed by atoms with Gasteiger partial charge in [0.25, 0.3) is 11.8 Å². The number of nitrogens with zero attached hydrogens (tertiary/aromatic N) is 1. The highest BCUT2D eigenvalue weighted by Crippen LogP contribution is 2.37.